The van der Waals surface area contributed by atoms with Gasteiger partial charge in [-0.05, 0) is 17.7 Å². The summed E-state index contributed by atoms with van der Waals surface area (Å²) in [6.45, 7) is -0.907. The van der Waals surface area contributed by atoms with Gasteiger partial charge in [0.05, 0.1) is 4.92 Å². The van der Waals surface area contributed by atoms with Crippen molar-refractivity contribution in [2.75, 3.05) is 13.2 Å². The average Bonchev–Trinajstić information content (AvgIpc) is 2.49. The molecule has 0 radical (unpaired) electrons. The van der Waals surface area contributed by atoms with Gasteiger partial charge in [0.2, 0.25) is 0 Å². The van der Waals surface area contributed by atoms with E-state index in [-0.39, 0.29) is 12.3 Å². The number of carbonyl (C=O) groups is 2. The van der Waals surface area contributed by atoms with Gasteiger partial charge < -0.3 is 14.8 Å². The van der Waals surface area contributed by atoms with Crippen LogP contribution in [-0.4, -0.2) is 30.1 Å². The van der Waals surface area contributed by atoms with Gasteiger partial charge in [-0.3, -0.25) is 14.9 Å². The van der Waals surface area contributed by atoms with Gasteiger partial charge in [-0.1, -0.05) is 0 Å². The quantitative estimate of drug-likeness (QED) is 0.468. The van der Waals surface area contributed by atoms with Crippen LogP contribution in [0, 0.1) is 21.4 Å². The molecule has 0 fully saturated rings. The molecule has 1 rings (SSSR count). The number of nitrogens with one attached hydrogen (secondary N) is 1. The van der Waals surface area contributed by atoms with E-state index in [1.807, 2.05) is 0 Å². The van der Waals surface area contributed by atoms with E-state index >= 15 is 0 Å². The van der Waals surface area contributed by atoms with Crippen molar-refractivity contribution >= 4 is 17.7 Å². The van der Waals surface area contributed by atoms with Gasteiger partial charge in [-0.15, -0.1) is 0 Å². The zero-order valence-electron chi connectivity index (χ0n) is 10.8. The minimum atomic E-state index is -0.845. The van der Waals surface area contributed by atoms with Crippen molar-refractivity contribution in [1.29, 1.82) is 5.26 Å². The number of amides is 1. The smallest absolute Gasteiger partial charge is 0.407 e. The molecule has 0 aliphatic heterocycles. The Morgan fingerprint density at radius 1 is 1.29 bits per heavy atom. The molecule has 9 nitrogen and oxygen atoms in total. The van der Waals surface area contributed by atoms with Crippen LogP contribution in [0.3, 0.4) is 0 Å². The Morgan fingerprint density at radius 2 is 1.95 bits per heavy atom. The van der Waals surface area contributed by atoms with E-state index in [2.05, 4.69) is 10.1 Å². The normalized spacial score (nSPS) is 9.29. The number of non-ortho nitro benzene ring substituents is 1. The standard InChI is InChI=1S/C12H11N3O6/c13-5-6-20-11(16)7-14-12(17)21-8-9-1-3-10(4-2-9)15(18)19/h1-4H,6-8H2,(H,14,17). The molecule has 0 unspecified atom stereocenters. The second-order valence-corrected chi connectivity index (χ2v) is 3.67. The number of hydrogen-bond donors (Lipinski definition) is 1. The molecular weight excluding hydrogens is 282 g/mol. The second-order valence-electron chi connectivity index (χ2n) is 3.67. The fourth-order valence-electron chi connectivity index (χ4n) is 1.22. The van der Waals surface area contributed by atoms with E-state index in [1.165, 1.54) is 24.3 Å². The highest BCUT2D eigenvalue weighted by atomic mass is 16.6. The monoisotopic (exact) mass is 293 g/mol. The Kier molecular flexibility index (Phi) is 6.14. The maximum atomic E-state index is 11.3. The van der Waals surface area contributed by atoms with Gasteiger partial charge >= 0.3 is 12.1 Å². The number of hydrogen-bond acceptors (Lipinski definition) is 7. The average molecular weight is 293 g/mol. The van der Waals surface area contributed by atoms with Crippen LogP contribution >= 0.6 is 0 Å². The first-order valence-corrected chi connectivity index (χ1v) is 5.69. The molecule has 0 saturated heterocycles. The zero-order valence-corrected chi connectivity index (χ0v) is 10.8. The first-order chi connectivity index (χ1) is 10.0. The first kappa shape index (κ1) is 15.9. The molecule has 21 heavy (non-hydrogen) atoms. The highest BCUT2D eigenvalue weighted by Crippen LogP contribution is 2.12. The van der Waals surface area contributed by atoms with Crippen molar-refractivity contribution in [2.24, 2.45) is 0 Å². The molecule has 0 saturated carbocycles. The minimum absolute atomic E-state index is 0.0663. The van der Waals surface area contributed by atoms with Crippen LogP contribution in [0.15, 0.2) is 24.3 Å². The van der Waals surface area contributed by atoms with Gasteiger partial charge in [0, 0.05) is 12.1 Å². The van der Waals surface area contributed by atoms with Crippen LogP contribution < -0.4 is 5.32 Å². The maximum Gasteiger partial charge on any atom is 0.407 e. The summed E-state index contributed by atoms with van der Waals surface area (Å²) in [5, 5.41) is 20.8. The van der Waals surface area contributed by atoms with E-state index in [0.29, 0.717) is 5.56 Å². The third-order valence-electron chi connectivity index (χ3n) is 2.19. The van der Waals surface area contributed by atoms with Crippen molar-refractivity contribution in [3.63, 3.8) is 0 Å². The first-order valence-electron chi connectivity index (χ1n) is 5.69. The van der Waals surface area contributed by atoms with Crippen LogP contribution in [-0.2, 0) is 20.9 Å². The topological polar surface area (TPSA) is 132 Å². The Balaban J connectivity index is 2.31. The predicted molar refractivity (Wildman–Crippen MR) is 67.9 cm³/mol. The highest BCUT2D eigenvalue weighted by Gasteiger charge is 2.08. The molecule has 1 amide bonds. The summed E-state index contributed by atoms with van der Waals surface area (Å²) in [6, 6.07) is 7.09. The Hall–Kier alpha value is -3.15. The number of carbonyl (C=O) groups excluding carboxylic acids is 2. The maximum absolute atomic E-state index is 11.3. The number of rotatable bonds is 6. The predicted octanol–water partition coefficient (Wildman–Crippen LogP) is 0.888. The SMILES string of the molecule is N#CCOC(=O)CNC(=O)OCc1ccc([N+](=O)[O-])cc1. The number of nitro groups is 1. The lowest BCUT2D eigenvalue weighted by molar-refractivity contribution is -0.384. The van der Waals surface area contributed by atoms with E-state index < -0.39 is 30.1 Å². The van der Waals surface area contributed by atoms with Crippen LogP contribution in [0.4, 0.5) is 10.5 Å². The van der Waals surface area contributed by atoms with Crippen LogP contribution in [0.25, 0.3) is 0 Å². The number of alkyl carbamates (subject to hydrolysis) is 1. The zero-order chi connectivity index (χ0) is 15.7. The minimum Gasteiger partial charge on any atom is -0.449 e. The van der Waals surface area contributed by atoms with Crippen LogP contribution in [0.1, 0.15) is 5.56 Å². The third kappa shape index (κ3) is 6.02. The molecule has 0 aromatic heterocycles. The van der Waals surface area contributed by atoms with E-state index in [4.69, 9.17) is 10.00 Å². The summed E-state index contributed by atoms with van der Waals surface area (Å²) in [7, 11) is 0. The van der Waals surface area contributed by atoms with Crippen molar-refractivity contribution in [3.05, 3.63) is 39.9 Å². The van der Waals surface area contributed by atoms with Crippen molar-refractivity contribution in [1.82, 2.24) is 5.32 Å². The van der Waals surface area contributed by atoms with Gasteiger partial charge in [0.25, 0.3) is 5.69 Å². The summed E-state index contributed by atoms with van der Waals surface area (Å²) in [4.78, 5) is 32.1. The number of nitro benzene ring substituents is 1. The van der Waals surface area contributed by atoms with Crippen LogP contribution in [0.2, 0.25) is 0 Å². The summed E-state index contributed by atoms with van der Waals surface area (Å²) in [6.07, 6.45) is -0.845. The summed E-state index contributed by atoms with van der Waals surface area (Å²) in [5.74, 6) is -0.760. The summed E-state index contributed by atoms with van der Waals surface area (Å²) < 4.78 is 9.20. The lowest BCUT2D eigenvalue weighted by atomic mass is 10.2. The number of benzene rings is 1. The lowest BCUT2D eigenvalue weighted by Gasteiger charge is -2.06. The third-order valence-corrected chi connectivity index (χ3v) is 2.19. The molecule has 0 spiro atoms. The molecule has 0 atom stereocenters. The van der Waals surface area contributed by atoms with E-state index in [9.17, 15) is 19.7 Å². The molecule has 1 N–H and O–H groups in total. The number of nitriles is 1. The molecule has 0 bridgehead atoms. The molecule has 110 valence electrons. The summed E-state index contributed by atoms with van der Waals surface area (Å²) in [5.41, 5.74) is 0.492. The van der Waals surface area contributed by atoms with Crippen molar-refractivity contribution in [2.45, 2.75) is 6.61 Å². The van der Waals surface area contributed by atoms with E-state index in [1.54, 1.807) is 6.07 Å². The summed E-state index contributed by atoms with van der Waals surface area (Å²) >= 11 is 0. The largest absolute Gasteiger partial charge is 0.449 e. The van der Waals surface area contributed by atoms with Gasteiger partial charge in [0.15, 0.2) is 6.61 Å². The molecule has 0 aliphatic carbocycles. The molecular formula is C12H11N3O6. The van der Waals surface area contributed by atoms with Gasteiger partial charge in [-0.2, -0.15) is 5.26 Å². The van der Waals surface area contributed by atoms with E-state index in [0.717, 1.165) is 0 Å². The fourth-order valence-corrected chi connectivity index (χ4v) is 1.22. The molecule has 1 aromatic rings. The van der Waals surface area contributed by atoms with Gasteiger partial charge in [0.1, 0.15) is 19.2 Å². The molecule has 1 aromatic carbocycles. The lowest BCUT2D eigenvalue weighted by Crippen LogP contribution is -2.31. The number of ether oxygens (including phenoxy) is 2. The second kappa shape index (κ2) is 8.11. The number of nitrogens with zero attached hydrogens (tertiary/aromatic N) is 2. The Labute approximate surface area is 119 Å². The Bertz CT molecular complexity index is 563. The highest BCUT2D eigenvalue weighted by molar-refractivity contribution is 5.77. The molecule has 9 heteroatoms. The Morgan fingerprint density at radius 3 is 2.52 bits per heavy atom. The molecule has 0 aliphatic rings. The molecule has 0 heterocycles. The van der Waals surface area contributed by atoms with Crippen molar-refractivity contribution < 1.29 is 24.0 Å². The van der Waals surface area contributed by atoms with Crippen molar-refractivity contribution in [3.8, 4) is 6.07 Å². The van der Waals surface area contributed by atoms with Gasteiger partial charge in [-0.25, -0.2) is 4.79 Å². The fraction of sp³-hybridized carbons (Fsp3) is 0.250. The van der Waals surface area contributed by atoms with Crippen LogP contribution in [0.5, 0.6) is 0 Å². The number of esters is 1.